The number of aliphatic hydroxyl groups is 2. The van der Waals surface area contributed by atoms with Crippen LogP contribution in [0.3, 0.4) is 0 Å². The molecule has 19 heavy (non-hydrogen) atoms. The summed E-state index contributed by atoms with van der Waals surface area (Å²) in [6.07, 6.45) is 0. The predicted molar refractivity (Wildman–Crippen MR) is 80.3 cm³/mol. The van der Waals surface area contributed by atoms with E-state index in [4.69, 9.17) is 0 Å². The Labute approximate surface area is 126 Å². The van der Waals surface area contributed by atoms with E-state index in [0.29, 0.717) is 29.9 Å². The van der Waals surface area contributed by atoms with E-state index >= 15 is 0 Å². The molecular weight excluding hydrogens is 370 g/mol. The van der Waals surface area contributed by atoms with Crippen molar-refractivity contribution in [2.45, 2.75) is 17.4 Å². The fourth-order valence-electron chi connectivity index (χ4n) is 1.71. The monoisotopic (exact) mass is 388 g/mol. The Balaban J connectivity index is 1.96. The summed E-state index contributed by atoms with van der Waals surface area (Å²) in [6.45, 7) is 0.246. The molecule has 0 unspecified atom stereocenters. The summed E-state index contributed by atoms with van der Waals surface area (Å²) < 4.78 is 3.73. The molecule has 0 amide bonds. The van der Waals surface area contributed by atoms with Gasteiger partial charge < -0.3 is 0 Å². The molecule has 2 N–H and O–H groups in total. The molecule has 0 fully saturated rings. The van der Waals surface area contributed by atoms with Gasteiger partial charge in [0.05, 0.1) is 0 Å². The van der Waals surface area contributed by atoms with Crippen molar-refractivity contribution < 1.29 is 10.2 Å². The van der Waals surface area contributed by atoms with Gasteiger partial charge in [0.15, 0.2) is 0 Å². The van der Waals surface area contributed by atoms with Gasteiger partial charge >= 0.3 is 126 Å². The van der Waals surface area contributed by atoms with Crippen LogP contribution in [-0.4, -0.2) is 40.1 Å². The fourth-order valence-corrected chi connectivity index (χ4v) is 7.84. The second-order valence-corrected chi connectivity index (χ2v) is 10.1. The van der Waals surface area contributed by atoms with E-state index in [0.717, 1.165) is 15.3 Å². The summed E-state index contributed by atoms with van der Waals surface area (Å²) in [5, 5.41) is 18.6. The van der Waals surface area contributed by atoms with Gasteiger partial charge in [-0.15, -0.1) is 0 Å². The molecule has 0 aliphatic heterocycles. The fraction of sp³-hybridized carbons (Fsp3) is 0.200. The molecule has 0 radical (unpaired) electrons. The summed E-state index contributed by atoms with van der Waals surface area (Å²) in [5.74, 6) is 0. The van der Waals surface area contributed by atoms with E-state index in [9.17, 15) is 10.2 Å². The van der Waals surface area contributed by atoms with Gasteiger partial charge in [0.25, 0.3) is 0 Å². The Morgan fingerprint density at radius 1 is 0.684 bits per heavy atom. The zero-order chi connectivity index (χ0) is 13.5. The molecular formula is C15H16O2Se2. The molecule has 0 aromatic heterocycles. The molecule has 2 rings (SSSR count). The van der Waals surface area contributed by atoms with Crippen LogP contribution in [0.1, 0.15) is 11.1 Å². The second kappa shape index (κ2) is 7.86. The topological polar surface area (TPSA) is 40.5 Å². The molecule has 0 heterocycles. The number of hydrogen-bond donors (Lipinski definition) is 2. The first-order valence-electron chi connectivity index (χ1n) is 5.98. The third kappa shape index (κ3) is 4.18. The molecule has 2 aromatic rings. The van der Waals surface area contributed by atoms with Crippen molar-refractivity contribution in [2.75, 3.05) is 0 Å². The molecule has 0 saturated heterocycles. The van der Waals surface area contributed by atoms with Crippen LogP contribution in [0.4, 0.5) is 0 Å². The normalized spacial score (nSPS) is 10.6. The SMILES string of the molecule is OCc1ccccc1[Se]C[Se]c1ccccc1CO. The van der Waals surface area contributed by atoms with Gasteiger partial charge in [0.1, 0.15) is 0 Å². The van der Waals surface area contributed by atoms with Crippen molar-refractivity contribution in [1.29, 1.82) is 0 Å². The Hall–Kier alpha value is -0.601. The number of benzene rings is 2. The quantitative estimate of drug-likeness (QED) is 0.707. The Kier molecular flexibility index (Phi) is 6.12. The Bertz CT molecular complexity index is 482. The van der Waals surface area contributed by atoms with Gasteiger partial charge in [0.2, 0.25) is 0 Å². The average molecular weight is 386 g/mol. The number of rotatable bonds is 6. The first kappa shape index (κ1) is 14.8. The molecule has 0 bridgehead atoms. The Morgan fingerprint density at radius 2 is 1.11 bits per heavy atom. The third-order valence-corrected chi connectivity index (χ3v) is 8.76. The molecule has 2 nitrogen and oxygen atoms in total. The summed E-state index contributed by atoms with van der Waals surface area (Å²) in [5.41, 5.74) is 2.10. The van der Waals surface area contributed by atoms with Crippen LogP contribution in [0.5, 0.6) is 0 Å². The van der Waals surface area contributed by atoms with Crippen LogP contribution >= 0.6 is 0 Å². The van der Waals surface area contributed by atoms with Crippen molar-refractivity contribution in [1.82, 2.24) is 0 Å². The average Bonchev–Trinajstić information content (AvgIpc) is 2.48. The predicted octanol–water partition coefficient (Wildman–Crippen LogP) is 0.406. The minimum atomic E-state index is 0.123. The molecule has 0 atom stereocenters. The van der Waals surface area contributed by atoms with Crippen molar-refractivity contribution in [3.63, 3.8) is 0 Å². The molecule has 0 spiro atoms. The summed E-state index contributed by atoms with van der Waals surface area (Å²) >= 11 is 0.782. The van der Waals surface area contributed by atoms with Crippen LogP contribution in [0.25, 0.3) is 0 Å². The van der Waals surface area contributed by atoms with Gasteiger partial charge in [-0.3, -0.25) is 0 Å². The maximum absolute atomic E-state index is 9.30. The standard InChI is InChI=1S/C15H16O2Se2/c16-9-12-5-1-3-7-14(12)18-11-19-15-8-4-2-6-13(15)10-17/h1-8,16-17H,9-11H2. The van der Waals surface area contributed by atoms with E-state index < -0.39 is 0 Å². The summed E-state index contributed by atoms with van der Waals surface area (Å²) in [7, 11) is 0. The first-order valence-corrected chi connectivity index (χ1v) is 10.1. The van der Waals surface area contributed by atoms with Gasteiger partial charge in [-0.25, -0.2) is 0 Å². The maximum atomic E-state index is 9.30. The van der Waals surface area contributed by atoms with Gasteiger partial charge in [0, 0.05) is 0 Å². The van der Waals surface area contributed by atoms with Crippen LogP contribution in [0.15, 0.2) is 48.5 Å². The van der Waals surface area contributed by atoms with Crippen molar-refractivity contribution in [3.8, 4) is 0 Å². The number of aliphatic hydroxyl groups excluding tert-OH is 2. The van der Waals surface area contributed by atoms with Crippen molar-refractivity contribution in [2.24, 2.45) is 0 Å². The van der Waals surface area contributed by atoms with E-state index in [2.05, 4.69) is 12.1 Å². The van der Waals surface area contributed by atoms with Crippen molar-refractivity contribution in [3.05, 3.63) is 59.7 Å². The number of hydrogen-bond acceptors (Lipinski definition) is 2. The van der Waals surface area contributed by atoms with Crippen molar-refractivity contribution >= 4 is 38.8 Å². The van der Waals surface area contributed by atoms with Gasteiger partial charge in [-0.1, -0.05) is 0 Å². The molecule has 0 aliphatic rings. The first-order chi connectivity index (χ1) is 9.35. The van der Waals surface area contributed by atoms with Crippen LogP contribution < -0.4 is 8.92 Å². The molecule has 4 heteroatoms. The second-order valence-electron chi connectivity index (χ2n) is 3.94. The molecule has 0 saturated carbocycles. The summed E-state index contributed by atoms with van der Waals surface area (Å²) in [4.78, 5) is 0. The van der Waals surface area contributed by atoms with E-state index in [1.165, 1.54) is 8.92 Å². The van der Waals surface area contributed by atoms with Crippen LogP contribution in [0, 0.1) is 0 Å². The molecule has 2 aromatic carbocycles. The van der Waals surface area contributed by atoms with E-state index in [1.54, 1.807) is 0 Å². The molecule has 100 valence electrons. The van der Waals surface area contributed by atoms with E-state index in [-0.39, 0.29) is 13.2 Å². The minimum absolute atomic E-state index is 0.123. The van der Waals surface area contributed by atoms with E-state index in [1.807, 2.05) is 36.4 Å². The van der Waals surface area contributed by atoms with Crippen LogP contribution in [-0.2, 0) is 13.2 Å². The third-order valence-electron chi connectivity index (χ3n) is 2.71. The summed E-state index contributed by atoms with van der Waals surface area (Å²) in [6, 6.07) is 16.2. The van der Waals surface area contributed by atoms with Gasteiger partial charge in [-0.05, 0) is 0 Å². The molecule has 0 aliphatic carbocycles. The van der Waals surface area contributed by atoms with Crippen LogP contribution in [0.2, 0.25) is 4.22 Å². The van der Waals surface area contributed by atoms with Gasteiger partial charge in [-0.2, -0.15) is 0 Å². The Morgan fingerprint density at radius 3 is 1.53 bits per heavy atom. The zero-order valence-electron chi connectivity index (χ0n) is 10.5. The zero-order valence-corrected chi connectivity index (χ0v) is 13.9.